The molecule has 27 heavy (non-hydrogen) atoms. The minimum Gasteiger partial charge on any atom is -0.335 e. The third kappa shape index (κ3) is 2.89. The van der Waals surface area contributed by atoms with E-state index >= 15 is 0 Å². The minimum absolute atomic E-state index is 0.180. The Bertz CT molecular complexity index is 1020. The van der Waals surface area contributed by atoms with Crippen LogP contribution >= 0.6 is 11.3 Å². The Balaban J connectivity index is 1.46. The molecule has 1 aromatic carbocycles. The number of hydrogen-bond acceptors (Lipinski definition) is 3. The number of hydrogen-bond donors (Lipinski definition) is 0. The fourth-order valence-corrected chi connectivity index (χ4v) is 6.45. The van der Waals surface area contributed by atoms with Gasteiger partial charge in [0.05, 0.1) is 10.2 Å². The van der Waals surface area contributed by atoms with E-state index in [0.717, 1.165) is 40.3 Å². The van der Waals surface area contributed by atoms with Crippen LogP contribution in [0.25, 0.3) is 15.3 Å². The van der Waals surface area contributed by atoms with Gasteiger partial charge in [0, 0.05) is 30.5 Å². The number of carbonyl (C=O) groups is 1. The predicted octanol–water partition coefficient (Wildman–Crippen LogP) is 5.13. The van der Waals surface area contributed by atoms with Crippen molar-refractivity contribution in [1.29, 1.82) is 0 Å². The second kappa shape index (κ2) is 5.68. The lowest BCUT2D eigenvalue weighted by molar-refractivity contribution is 0.0708. The molecular formula is C22H25N3OS. The van der Waals surface area contributed by atoms with Gasteiger partial charge in [-0.2, -0.15) is 0 Å². The number of fused-ring (bicyclic) bond motifs is 3. The van der Waals surface area contributed by atoms with E-state index in [1.807, 2.05) is 47.3 Å². The molecule has 5 heteroatoms. The summed E-state index contributed by atoms with van der Waals surface area (Å²) in [6, 6.07) is 10.3. The first-order chi connectivity index (χ1) is 12.8. The van der Waals surface area contributed by atoms with Crippen LogP contribution in [0.15, 0.2) is 42.7 Å². The number of rotatable bonds is 2. The van der Waals surface area contributed by atoms with Crippen LogP contribution < -0.4 is 0 Å². The number of thiazole rings is 1. The molecule has 1 saturated heterocycles. The van der Waals surface area contributed by atoms with E-state index in [4.69, 9.17) is 4.98 Å². The predicted molar refractivity (Wildman–Crippen MR) is 110 cm³/mol. The van der Waals surface area contributed by atoms with Gasteiger partial charge < -0.3 is 9.47 Å². The quantitative estimate of drug-likeness (QED) is 0.619. The average molecular weight is 380 g/mol. The van der Waals surface area contributed by atoms with Crippen LogP contribution in [-0.4, -0.2) is 32.9 Å². The zero-order valence-corrected chi connectivity index (χ0v) is 16.9. The molecule has 0 unspecified atom stereocenters. The first kappa shape index (κ1) is 17.0. The van der Waals surface area contributed by atoms with Gasteiger partial charge in [-0.1, -0.05) is 32.1 Å². The lowest BCUT2D eigenvalue weighted by Gasteiger charge is -2.39. The molecule has 2 atom stereocenters. The van der Waals surface area contributed by atoms with Gasteiger partial charge in [-0.05, 0) is 60.4 Å². The van der Waals surface area contributed by atoms with Crippen LogP contribution in [0.5, 0.6) is 0 Å². The van der Waals surface area contributed by atoms with Crippen LogP contribution in [0.1, 0.15) is 50.4 Å². The Morgan fingerprint density at radius 1 is 1.19 bits per heavy atom. The van der Waals surface area contributed by atoms with Crippen molar-refractivity contribution >= 4 is 27.5 Å². The van der Waals surface area contributed by atoms with Gasteiger partial charge in [0.15, 0.2) is 5.13 Å². The van der Waals surface area contributed by atoms with E-state index in [1.54, 1.807) is 11.3 Å². The highest BCUT2D eigenvalue weighted by atomic mass is 32.1. The molecule has 2 fully saturated rings. The summed E-state index contributed by atoms with van der Waals surface area (Å²) in [6.45, 7) is 7.92. The highest BCUT2D eigenvalue weighted by Gasteiger charge is 2.51. The van der Waals surface area contributed by atoms with Gasteiger partial charge in [0.2, 0.25) is 0 Å². The van der Waals surface area contributed by atoms with Crippen molar-refractivity contribution in [3.8, 4) is 5.13 Å². The van der Waals surface area contributed by atoms with E-state index in [9.17, 15) is 4.79 Å². The SMILES string of the molecule is CC1(C)C[C@@H]2C[C@@](C)(CN2C(=O)c2ccc3nc(-n4cccc4)sc3c2)C1. The molecule has 2 bridgehead atoms. The molecule has 3 aromatic rings. The van der Waals surface area contributed by atoms with E-state index in [0.29, 0.717) is 11.5 Å². The standard InChI is InChI=1S/C22H25N3OS/c1-21(2)11-16-12-22(3,13-21)14-25(16)19(26)15-6-7-17-18(10-15)27-20(23-17)24-8-4-5-9-24/h4-10,16H,11-14H2,1-3H3/t16-,22-/m1/s1. The maximum absolute atomic E-state index is 13.3. The monoisotopic (exact) mass is 379 g/mol. The van der Waals surface area contributed by atoms with Crippen molar-refractivity contribution in [2.45, 2.75) is 46.1 Å². The minimum atomic E-state index is 0.180. The average Bonchev–Trinajstić information content (AvgIpc) is 3.29. The van der Waals surface area contributed by atoms with Gasteiger partial charge in [0.25, 0.3) is 5.91 Å². The van der Waals surface area contributed by atoms with Crippen molar-refractivity contribution < 1.29 is 4.79 Å². The first-order valence-electron chi connectivity index (χ1n) is 9.67. The maximum Gasteiger partial charge on any atom is 0.254 e. The molecule has 5 rings (SSSR count). The Hall–Kier alpha value is -2.14. The molecule has 2 aliphatic rings. The van der Waals surface area contributed by atoms with Crippen LogP contribution in [0, 0.1) is 10.8 Å². The van der Waals surface area contributed by atoms with E-state index in [-0.39, 0.29) is 11.3 Å². The maximum atomic E-state index is 13.3. The van der Waals surface area contributed by atoms with Gasteiger partial charge in [-0.25, -0.2) is 4.98 Å². The topological polar surface area (TPSA) is 38.1 Å². The lowest BCUT2D eigenvalue weighted by atomic mass is 9.65. The number of carbonyl (C=O) groups excluding carboxylic acids is 1. The summed E-state index contributed by atoms with van der Waals surface area (Å²) in [5.41, 5.74) is 2.32. The summed E-state index contributed by atoms with van der Waals surface area (Å²) >= 11 is 1.63. The molecule has 2 aromatic heterocycles. The molecule has 1 aliphatic heterocycles. The number of likely N-dealkylation sites (tertiary alicyclic amines) is 1. The summed E-state index contributed by atoms with van der Waals surface area (Å²) in [6.07, 6.45) is 7.44. The van der Waals surface area contributed by atoms with Crippen LogP contribution in [0.4, 0.5) is 0 Å². The highest BCUT2D eigenvalue weighted by Crippen LogP contribution is 2.52. The van der Waals surface area contributed by atoms with Gasteiger partial charge in [-0.3, -0.25) is 4.79 Å². The molecule has 3 heterocycles. The fourth-order valence-electron chi connectivity index (χ4n) is 5.48. The fraction of sp³-hybridized carbons (Fsp3) is 0.455. The largest absolute Gasteiger partial charge is 0.335 e. The molecule has 4 nitrogen and oxygen atoms in total. The third-order valence-corrected chi connectivity index (χ3v) is 7.16. The van der Waals surface area contributed by atoms with Crippen LogP contribution in [0.3, 0.4) is 0 Å². The Morgan fingerprint density at radius 3 is 2.74 bits per heavy atom. The molecule has 140 valence electrons. The second-order valence-electron chi connectivity index (χ2n) is 9.42. The number of aromatic nitrogens is 2. The summed E-state index contributed by atoms with van der Waals surface area (Å²) in [5.74, 6) is 0.180. The molecule has 0 radical (unpaired) electrons. The van der Waals surface area contributed by atoms with Crippen LogP contribution in [-0.2, 0) is 0 Å². The molecular weight excluding hydrogens is 354 g/mol. The first-order valence-corrected chi connectivity index (χ1v) is 10.5. The lowest BCUT2D eigenvalue weighted by Crippen LogP contribution is -2.37. The molecule has 0 spiro atoms. The van der Waals surface area contributed by atoms with Gasteiger partial charge >= 0.3 is 0 Å². The highest BCUT2D eigenvalue weighted by molar-refractivity contribution is 7.20. The van der Waals surface area contributed by atoms with Crippen molar-refractivity contribution in [2.24, 2.45) is 10.8 Å². The second-order valence-corrected chi connectivity index (χ2v) is 10.4. The van der Waals surface area contributed by atoms with Crippen molar-refractivity contribution in [2.75, 3.05) is 6.54 Å². The third-order valence-electron chi connectivity index (χ3n) is 6.13. The number of amides is 1. The summed E-state index contributed by atoms with van der Waals surface area (Å²) in [4.78, 5) is 20.2. The summed E-state index contributed by atoms with van der Waals surface area (Å²) < 4.78 is 3.08. The van der Waals surface area contributed by atoms with Crippen LogP contribution in [0.2, 0.25) is 0 Å². The van der Waals surface area contributed by atoms with Crippen molar-refractivity contribution in [3.05, 3.63) is 48.3 Å². The zero-order chi connectivity index (χ0) is 18.8. The molecule has 1 aliphatic carbocycles. The van der Waals surface area contributed by atoms with E-state index in [2.05, 4.69) is 25.7 Å². The summed E-state index contributed by atoms with van der Waals surface area (Å²) in [5, 5.41) is 0.936. The van der Waals surface area contributed by atoms with Gasteiger partial charge in [0.1, 0.15) is 0 Å². The summed E-state index contributed by atoms with van der Waals surface area (Å²) in [7, 11) is 0. The zero-order valence-electron chi connectivity index (χ0n) is 16.1. The molecule has 1 amide bonds. The Morgan fingerprint density at radius 2 is 1.96 bits per heavy atom. The Kier molecular flexibility index (Phi) is 3.57. The Labute approximate surface area is 163 Å². The number of benzene rings is 1. The molecule has 1 saturated carbocycles. The molecule has 0 N–H and O–H groups in total. The number of nitrogens with zero attached hydrogens (tertiary/aromatic N) is 3. The van der Waals surface area contributed by atoms with Gasteiger partial charge in [-0.15, -0.1) is 0 Å². The van der Waals surface area contributed by atoms with Crippen molar-refractivity contribution in [1.82, 2.24) is 14.5 Å². The normalized spacial score (nSPS) is 26.6. The van der Waals surface area contributed by atoms with E-state index in [1.165, 1.54) is 6.42 Å². The smallest absolute Gasteiger partial charge is 0.254 e. The van der Waals surface area contributed by atoms with E-state index < -0.39 is 0 Å². The van der Waals surface area contributed by atoms with Crippen molar-refractivity contribution in [3.63, 3.8) is 0 Å².